The smallest absolute Gasteiger partial charge is 0.744 e. The zero-order chi connectivity index (χ0) is 20.4. The van der Waals surface area contributed by atoms with Crippen molar-refractivity contribution in [2.24, 2.45) is 0 Å². The fourth-order valence-corrected chi connectivity index (χ4v) is 3.39. The monoisotopic (exact) mass is 690 g/mol. The van der Waals surface area contributed by atoms with Crippen LogP contribution in [-0.2, 0) is 86.9 Å². The van der Waals surface area contributed by atoms with Crippen molar-refractivity contribution in [2.75, 3.05) is 11.5 Å². The van der Waals surface area contributed by atoms with Gasteiger partial charge in [0.2, 0.25) is 0 Å². The van der Waals surface area contributed by atoms with E-state index in [2.05, 4.69) is 0 Å². The SMILES string of the molecule is Cc1cc(N)c(S(=O)(=O)[O-])cc1C.Cc1cc(N)c(S(=O)(=O)[O-])cc1C.[Ag+].[Ag+].[OH3+].[OH3+].[OH3+].[OH3+]. The fraction of sp³-hybridized carbons (Fsp3) is 0.250. The van der Waals surface area contributed by atoms with E-state index in [0.717, 1.165) is 22.3 Å². The molecule has 0 saturated carbocycles. The minimum absolute atomic E-state index is 0. The molecule has 32 heavy (non-hydrogen) atoms. The van der Waals surface area contributed by atoms with Crippen LogP contribution in [0, 0.1) is 27.7 Å². The van der Waals surface area contributed by atoms with E-state index in [0.29, 0.717) is 0 Å². The molecule has 2 aromatic carbocycles. The third-order valence-corrected chi connectivity index (χ3v) is 5.58. The summed E-state index contributed by atoms with van der Waals surface area (Å²) in [5.41, 5.74) is 14.0. The number of aryl methyl sites for hydroxylation is 4. The van der Waals surface area contributed by atoms with Crippen LogP contribution in [0.25, 0.3) is 0 Å². The van der Waals surface area contributed by atoms with E-state index < -0.39 is 20.2 Å². The summed E-state index contributed by atoms with van der Waals surface area (Å²) in [6.07, 6.45) is 0. The number of hydrogen-bond donors (Lipinski definition) is 2. The molecule has 0 amide bonds. The van der Waals surface area contributed by atoms with Crippen molar-refractivity contribution in [1.82, 2.24) is 0 Å². The molecule has 0 atom stereocenters. The second-order valence-electron chi connectivity index (χ2n) is 5.86. The van der Waals surface area contributed by atoms with E-state index in [1.165, 1.54) is 24.3 Å². The molecule has 16 N–H and O–H groups in total. The number of nitrogens with two attached hydrogens (primary N) is 2. The molecule has 0 aliphatic carbocycles. The molecule has 2 aromatic rings. The Morgan fingerprint density at radius 1 is 0.562 bits per heavy atom. The van der Waals surface area contributed by atoms with E-state index in [1.807, 2.05) is 0 Å². The molecule has 0 aliphatic rings. The largest absolute Gasteiger partial charge is 1.00 e. The Kier molecular flexibility index (Phi) is 23.4. The summed E-state index contributed by atoms with van der Waals surface area (Å²) in [4.78, 5) is -0.675. The normalized spacial score (nSPS) is 9.44. The maximum Gasteiger partial charge on any atom is 1.00 e. The van der Waals surface area contributed by atoms with Crippen molar-refractivity contribution < 1.29 is 92.6 Å². The maximum atomic E-state index is 10.7. The van der Waals surface area contributed by atoms with Gasteiger partial charge in [-0.15, -0.1) is 0 Å². The Labute approximate surface area is 218 Å². The molecular weight excluding hydrogens is 660 g/mol. The van der Waals surface area contributed by atoms with Gasteiger partial charge in [0.25, 0.3) is 0 Å². The zero-order valence-corrected chi connectivity index (χ0v) is 22.2. The zero-order valence-electron chi connectivity index (χ0n) is 17.6. The van der Waals surface area contributed by atoms with Crippen LogP contribution >= 0.6 is 0 Å². The summed E-state index contributed by atoms with van der Waals surface area (Å²) in [7, 11) is -8.90. The Balaban J connectivity index is -0.0000000889. The van der Waals surface area contributed by atoms with Crippen LogP contribution in [0.5, 0.6) is 0 Å². The van der Waals surface area contributed by atoms with E-state index >= 15 is 0 Å². The van der Waals surface area contributed by atoms with Gasteiger partial charge in [-0.2, -0.15) is 0 Å². The van der Waals surface area contributed by atoms with Crippen molar-refractivity contribution in [3.63, 3.8) is 0 Å². The Morgan fingerprint density at radius 3 is 0.938 bits per heavy atom. The van der Waals surface area contributed by atoms with Crippen molar-refractivity contribution in [3.8, 4) is 0 Å². The molecule has 0 spiro atoms. The third-order valence-electron chi connectivity index (χ3n) is 3.79. The van der Waals surface area contributed by atoms with Crippen LogP contribution in [0.3, 0.4) is 0 Å². The van der Waals surface area contributed by atoms with Crippen LogP contribution in [0.2, 0.25) is 0 Å². The van der Waals surface area contributed by atoms with Crippen molar-refractivity contribution in [3.05, 3.63) is 46.5 Å². The predicted octanol–water partition coefficient (Wildman–Crippen LogP) is -2.11. The molecule has 16 heteroatoms. The van der Waals surface area contributed by atoms with Gasteiger partial charge in [-0.25, -0.2) is 16.8 Å². The van der Waals surface area contributed by atoms with Crippen LogP contribution < -0.4 is 11.5 Å². The second-order valence-corrected chi connectivity index (χ2v) is 8.55. The molecule has 0 aliphatic heterocycles. The Hall–Kier alpha value is -0.819. The number of rotatable bonds is 2. The Bertz CT molecular complexity index is 977. The van der Waals surface area contributed by atoms with Gasteiger partial charge < -0.3 is 42.5 Å². The van der Waals surface area contributed by atoms with Gasteiger partial charge in [0.05, 0.1) is 9.79 Å². The van der Waals surface area contributed by atoms with Crippen LogP contribution in [-0.4, -0.2) is 25.9 Å². The summed E-state index contributed by atoms with van der Waals surface area (Å²) in [5.74, 6) is 0. The maximum absolute atomic E-state index is 10.7. The molecule has 0 bridgehead atoms. The molecule has 0 heterocycles. The summed E-state index contributed by atoms with van der Waals surface area (Å²) in [6.45, 7) is 7.05. The second kappa shape index (κ2) is 16.7. The molecule has 2 rings (SSSR count). The van der Waals surface area contributed by atoms with Crippen LogP contribution in [0.4, 0.5) is 11.4 Å². The van der Waals surface area contributed by atoms with Gasteiger partial charge >= 0.3 is 44.8 Å². The third kappa shape index (κ3) is 12.4. The first-order valence-corrected chi connectivity index (χ1v) is 10.1. The van der Waals surface area contributed by atoms with Gasteiger partial charge in [-0.1, -0.05) is 0 Å². The van der Waals surface area contributed by atoms with Gasteiger partial charge in [-0.3, -0.25) is 0 Å². The summed E-state index contributed by atoms with van der Waals surface area (Å²) in [6, 6.07) is 5.57. The molecule has 0 fully saturated rings. The molecule has 0 radical (unpaired) electrons. The van der Waals surface area contributed by atoms with Crippen LogP contribution in [0.15, 0.2) is 34.1 Å². The number of nitrogen functional groups attached to an aromatic ring is 2. The number of hydrogen-bond acceptors (Lipinski definition) is 8. The molecule has 0 unspecified atom stereocenters. The fourth-order valence-electron chi connectivity index (χ4n) is 2.06. The van der Waals surface area contributed by atoms with Crippen molar-refractivity contribution in [1.29, 1.82) is 0 Å². The minimum Gasteiger partial charge on any atom is -0.744 e. The van der Waals surface area contributed by atoms with E-state index in [4.69, 9.17) is 11.5 Å². The van der Waals surface area contributed by atoms with Gasteiger partial charge in [0.1, 0.15) is 20.2 Å². The van der Waals surface area contributed by atoms with Gasteiger partial charge in [0.15, 0.2) is 0 Å². The van der Waals surface area contributed by atoms with Gasteiger partial charge in [0, 0.05) is 11.4 Å². The first-order chi connectivity index (χ1) is 11.6. The molecule has 0 saturated heterocycles. The van der Waals surface area contributed by atoms with E-state index in [1.54, 1.807) is 27.7 Å². The van der Waals surface area contributed by atoms with Crippen molar-refractivity contribution >= 4 is 31.6 Å². The minimum atomic E-state index is -4.45. The van der Waals surface area contributed by atoms with Crippen LogP contribution in [0.1, 0.15) is 22.3 Å². The topological polar surface area (TPSA) is 298 Å². The van der Waals surface area contributed by atoms with E-state index in [9.17, 15) is 25.9 Å². The average molecular weight is 692 g/mol. The van der Waals surface area contributed by atoms with E-state index in [-0.39, 0.29) is 87.8 Å². The molecule has 196 valence electrons. The predicted molar refractivity (Wildman–Crippen MR) is 116 cm³/mol. The first kappa shape index (κ1) is 44.8. The Morgan fingerprint density at radius 2 is 0.750 bits per heavy atom. The summed E-state index contributed by atoms with van der Waals surface area (Å²) >= 11 is 0. The average Bonchev–Trinajstić information content (AvgIpc) is 2.45. The molecule has 0 aromatic heterocycles. The summed E-state index contributed by atoms with van der Waals surface area (Å²) < 4.78 is 64.1. The molecule has 12 nitrogen and oxygen atoms in total. The molecular formula is C16H32Ag2N2O10S2+4. The standard InChI is InChI=1S/2C8H11NO3S.2Ag.4H2O/c2*1-5-3-7(9)8(4-6(5)2)13(10,11)12;;;;;;/h2*3-4H,9H2,1-2H3,(H,10,11,12);;;4*1H2/q;;2*+1;;;;/p+2. The summed E-state index contributed by atoms with van der Waals surface area (Å²) in [5, 5.41) is 0. The first-order valence-electron chi connectivity index (χ1n) is 7.29. The van der Waals surface area contributed by atoms with Crippen molar-refractivity contribution in [2.45, 2.75) is 37.5 Å². The van der Waals surface area contributed by atoms with Gasteiger partial charge in [-0.05, 0) is 74.2 Å². The quantitative estimate of drug-likeness (QED) is 0.151. The number of benzene rings is 2. The number of anilines is 2.